The van der Waals surface area contributed by atoms with Gasteiger partial charge >= 0.3 is 0 Å². The van der Waals surface area contributed by atoms with Gasteiger partial charge in [-0.3, -0.25) is 9.59 Å². The van der Waals surface area contributed by atoms with Crippen LogP contribution in [0.15, 0.2) is 78.9 Å². The number of aryl methyl sites for hydroxylation is 1. The maximum Gasteiger partial charge on any atom is 0.255 e. The molecule has 0 saturated heterocycles. The topological polar surface area (TPSA) is 67.4 Å². The molecule has 0 unspecified atom stereocenters. The minimum atomic E-state index is -0.178. The van der Waals surface area contributed by atoms with Gasteiger partial charge in [-0.05, 0) is 53.9 Å². The Balaban J connectivity index is 1.50. The molecule has 0 aliphatic heterocycles. The normalized spacial score (nSPS) is 10.2. The van der Waals surface area contributed by atoms with Crippen LogP contribution in [0.2, 0.25) is 0 Å². The SMILES string of the molecule is COc1cccc(CCC(=O)NCc2cccc(C(=O)Nc3ccccc3)c2)c1. The predicted octanol–water partition coefficient (Wildman–Crippen LogP) is 4.20. The van der Waals surface area contributed by atoms with Crippen LogP contribution in [0, 0.1) is 0 Å². The van der Waals surface area contributed by atoms with Crippen molar-refractivity contribution in [3.05, 3.63) is 95.6 Å². The molecule has 0 radical (unpaired) electrons. The molecule has 2 amide bonds. The number of nitrogens with one attached hydrogen (secondary N) is 2. The fraction of sp³-hybridized carbons (Fsp3) is 0.167. The quantitative estimate of drug-likeness (QED) is 0.608. The summed E-state index contributed by atoms with van der Waals surface area (Å²) >= 11 is 0. The third-order valence-corrected chi connectivity index (χ3v) is 4.49. The van der Waals surface area contributed by atoms with Crippen molar-refractivity contribution in [3.63, 3.8) is 0 Å². The van der Waals surface area contributed by atoms with E-state index in [4.69, 9.17) is 4.74 Å². The highest BCUT2D eigenvalue weighted by Gasteiger charge is 2.08. The Morgan fingerprint density at radius 3 is 2.41 bits per heavy atom. The van der Waals surface area contributed by atoms with Crippen LogP contribution >= 0.6 is 0 Å². The summed E-state index contributed by atoms with van der Waals surface area (Å²) in [5.74, 6) is 0.572. The number of amides is 2. The Kier molecular flexibility index (Phi) is 7.00. The van der Waals surface area contributed by atoms with E-state index >= 15 is 0 Å². The number of ether oxygens (including phenoxy) is 1. The van der Waals surface area contributed by atoms with Gasteiger partial charge in [0, 0.05) is 24.2 Å². The van der Waals surface area contributed by atoms with Crippen LogP contribution < -0.4 is 15.4 Å². The standard InChI is InChI=1S/C24H24N2O3/c1-29-22-12-6-7-18(16-22)13-14-23(27)25-17-19-8-5-9-20(15-19)24(28)26-21-10-3-2-4-11-21/h2-12,15-16H,13-14,17H2,1H3,(H,25,27)(H,26,28). The highest BCUT2D eigenvalue weighted by atomic mass is 16.5. The van der Waals surface area contributed by atoms with E-state index in [1.54, 1.807) is 19.2 Å². The van der Waals surface area contributed by atoms with Crippen molar-refractivity contribution in [1.29, 1.82) is 0 Å². The summed E-state index contributed by atoms with van der Waals surface area (Å²) in [6.07, 6.45) is 1.03. The number of hydrogen-bond acceptors (Lipinski definition) is 3. The Bertz CT molecular complexity index is 971. The lowest BCUT2D eigenvalue weighted by molar-refractivity contribution is -0.121. The second-order valence-electron chi connectivity index (χ2n) is 6.65. The van der Waals surface area contributed by atoms with Crippen LogP contribution in [-0.4, -0.2) is 18.9 Å². The highest BCUT2D eigenvalue weighted by molar-refractivity contribution is 6.04. The van der Waals surface area contributed by atoms with Gasteiger partial charge in [-0.2, -0.15) is 0 Å². The third-order valence-electron chi connectivity index (χ3n) is 4.49. The van der Waals surface area contributed by atoms with Gasteiger partial charge < -0.3 is 15.4 Å². The van der Waals surface area contributed by atoms with Gasteiger partial charge in [0.25, 0.3) is 5.91 Å². The first kappa shape index (κ1) is 20.1. The molecule has 0 spiro atoms. The van der Waals surface area contributed by atoms with Crippen molar-refractivity contribution >= 4 is 17.5 Å². The average Bonchev–Trinajstić information content (AvgIpc) is 2.77. The molecular weight excluding hydrogens is 364 g/mol. The number of methoxy groups -OCH3 is 1. The zero-order valence-corrected chi connectivity index (χ0v) is 16.4. The number of anilines is 1. The Morgan fingerprint density at radius 1 is 0.862 bits per heavy atom. The Morgan fingerprint density at radius 2 is 1.62 bits per heavy atom. The van der Waals surface area contributed by atoms with E-state index in [9.17, 15) is 9.59 Å². The minimum Gasteiger partial charge on any atom is -0.497 e. The maximum absolute atomic E-state index is 12.4. The molecule has 0 bridgehead atoms. The largest absolute Gasteiger partial charge is 0.497 e. The minimum absolute atomic E-state index is 0.0352. The van der Waals surface area contributed by atoms with Gasteiger partial charge in [0.1, 0.15) is 5.75 Å². The van der Waals surface area contributed by atoms with Gasteiger partial charge in [0.2, 0.25) is 5.91 Å². The number of rotatable bonds is 8. The molecule has 2 N–H and O–H groups in total. The van der Waals surface area contributed by atoms with Crippen LogP contribution in [0.3, 0.4) is 0 Å². The number of hydrogen-bond donors (Lipinski definition) is 2. The summed E-state index contributed by atoms with van der Waals surface area (Å²) in [5, 5.41) is 5.77. The summed E-state index contributed by atoms with van der Waals surface area (Å²) in [6.45, 7) is 0.378. The van der Waals surface area contributed by atoms with E-state index in [1.165, 1.54) is 0 Å². The van der Waals surface area contributed by atoms with Gasteiger partial charge in [-0.25, -0.2) is 0 Å². The highest BCUT2D eigenvalue weighted by Crippen LogP contribution is 2.14. The van der Waals surface area contributed by atoms with E-state index in [0.717, 1.165) is 22.6 Å². The van der Waals surface area contributed by atoms with E-state index in [0.29, 0.717) is 24.9 Å². The molecule has 5 nitrogen and oxygen atoms in total. The summed E-state index contributed by atoms with van der Waals surface area (Å²) in [4.78, 5) is 24.6. The summed E-state index contributed by atoms with van der Waals surface area (Å²) in [6, 6.07) is 24.3. The van der Waals surface area contributed by atoms with Gasteiger partial charge in [0.15, 0.2) is 0 Å². The second kappa shape index (κ2) is 10.1. The van der Waals surface area contributed by atoms with Gasteiger partial charge in [-0.15, -0.1) is 0 Å². The van der Waals surface area contributed by atoms with Crippen LogP contribution in [0.1, 0.15) is 27.9 Å². The fourth-order valence-corrected chi connectivity index (χ4v) is 2.92. The van der Waals surface area contributed by atoms with Crippen LogP contribution in [0.25, 0.3) is 0 Å². The molecule has 3 aromatic rings. The molecule has 0 heterocycles. The molecule has 0 fully saturated rings. The summed E-state index contributed by atoms with van der Waals surface area (Å²) < 4.78 is 5.20. The summed E-state index contributed by atoms with van der Waals surface area (Å²) in [7, 11) is 1.63. The van der Waals surface area contributed by atoms with Gasteiger partial charge in [0.05, 0.1) is 7.11 Å². The number of benzene rings is 3. The lowest BCUT2D eigenvalue weighted by atomic mass is 10.1. The molecule has 148 valence electrons. The molecular formula is C24H24N2O3. The average molecular weight is 388 g/mol. The first-order valence-corrected chi connectivity index (χ1v) is 9.49. The lowest BCUT2D eigenvalue weighted by Crippen LogP contribution is -2.23. The number of para-hydroxylation sites is 1. The molecule has 0 saturated carbocycles. The van der Waals surface area contributed by atoms with Crippen LogP contribution in [0.5, 0.6) is 5.75 Å². The predicted molar refractivity (Wildman–Crippen MR) is 114 cm³/mol. The van der Waals surface area contributed by atoms with Crippen molar-refractivity contribution in [2.24, 2.45) is 0 Å². The van der Waals surface area contributed by atoms with E-state index in [-0.39, 0.29) is 11.8 Å². The van der Waals surface area contributed by atoms with Crippen molar-refractivity contribution in [1.82, 2.24) is 5.32 Å². The van der Waals surface area contributed by atoms with E-state index < -0.39 is 0 Å². The monoisotopic (exact) mass is 388 g/mol. The third kappa shape index (κ3) is 6.21. The van der Waals surface area contributed by atoms with Gasteiger partial charge in [-0.1, -0.05) is 42.5 Å². The molecule has 0 aliphatic carbocycles. The van der Waals surface area contributed by atoms with Crippen LogP contribution in [0.4, 0.5) is 5.69 Å². The number of carbonyl (C=O) groups excluding carboxylic acids is 2. The van der Waals surface area contributed by atoms with Crippen molar-refractivity contribution < 1.29 is 14.3 Å². The zero-order valence-electron chi connectivity index (χ0n) is 16.4. The molecule has 0 aromatic heterocycles. The number of carbonyl (C=O) groups is 2. The van der Waals surface area contributed by atoms with E-state index in [1.807, 2.05) is 66.7 Å². The van der Waals surface area contributed by atoms with E-state index in [2.05, 4.69) is 10.6 Å². The van der Waals surface area contributed by atoms with Crippen molar-refractivity contribution in [2.45, 2.75) is 19.4 Å². The molecule has 29 heavy (non-hydrogen) atoms. The maximum atomic E-state index is 12.4. The molecule has 3 rings (SSSR count). The fourth-order valence-electron chi connectivity index (χ4n) is 2.92. The molecule has 0 atom stereocenters. The van der Waals surface area contributed by atoms with Crippen molar-refractivity contribution in [2.75, 3.05) is 12.4 Å². The second-order valence-corrected chi connectivity index (χ2v) is 6.65. The Labute approximate surface area is 170 Å². The summed E-state index contributed by atoms with van der Waals surface area (Å²) in [5.41, 5.74) is 3.23. The smallest absolute Gasteiger partial charge is 0.255 e. The molecule has 3 aromatic carbocycles. The molecule has 5 heteroatoms. The first-order chi connectivity index (χ1) is 14.1. The molecule has 0 aliphatic rings. The Hall–Kier alpha value is -3.60. The first-order valence-electron chi connectivity index (χ1n) is 9.49. The zero-order chi connectivity index (χ0) is 20.5. The van der Waals surface area contributed by atoms with Crippen molar-refractivity contribution in [3.8, 4) is 5.75 Å². The van der Waals surface area contributed by atoms with Crippen LogP contribution in [-0.2, 0) is 17.8 Å². The lowest BCUT2D eigenvalue weighted by Gasteiger charge is -2.09.